The molecule has 3 rings (SSSR count). The molecule has 1 aromatic heterocycles. The fourth-order valence-electron chi connectivity index (χ4n) is 2.46. The predicted octanol–water partition coefficient (Wildman–Crippen LogP) is 1.56. The lowest BCUT2D eigenvalue weighted by molar-refractivity contribution is -0.122. The van der Waals surface area contributed by atoms with Crippen LogP contribution >= 0.6 is 0 Å². The molecule has 0 unspecified atom stereocenters. The van der Waals surface area contributed by atoms with E-state index < -0.39 is 22.0 Å². The molecule has 0 spiro atoms. The summed E-state index contributed by atoms with van der Waals surface area (Å²) in [6.45, 7) is 1.80. The molecule has 7 nitrogen and oxygen atoms in total. The molecule has 1 aliphatic rings. The van der Waals surface area contributed by atoms with Crippen molar-refractivity contribution in [1.29, 1.82) is 0 Å². The molecule has 0 saturated carbocycles. The number of nitrogens with one attached hydrogen (secondary N) is 1. The Labute approximate surface area is 140 Å². The Morgan fingerprint density at radius 1 is 1.33 bits per heavy atom. The van der Waals surface area contributed by atoms with Crippen molar-refractivity contribution >= 4 is 27.4 Å². The summed E-state index contributed by atoms with van der Waals surface area (Å²) >= 11 is 0. The third-order valence-electron chi connectivity index (χ3n) is 3.59. The number of aryl methyl sites for hydroxylation is 1. The highest BCUT2D eigenvalue weighted by Crippen LogP contribution is 2.34. The zero-order valence-corrected chi connectivity index (χ0v) is 14.1. The van der Waals surface area contributed by atoms with E-state index in [9.17, 15) is 13.2 Å². The first-order chi connectivity index (χ1) is 11.3. The Morgan fingerprint density at radius 3 is 2.79 bits per heavy atom. The topological polar surface area (TPSA) is 88.6 Å². The van der Waals surface area contributed by atoms with Crippen molar-refractivity contribution in [2.75, 3.05) is 22.4 Å². The Kier molecular flexibility index (Phi) is 4.15. The van der Waals surface area contributed by atoms with Gasteiger partial charge in [0.1, 0.15) is 11.6 Å². The van der Waals surface area contributed by atoms with Crippen LogP contribution in [0.5, 0.6) is 5.75 Å². The van der Waals surface area contributed by atoms with Gasteiger partial charge in [0.05, 0.1) is 18.5 Å². The standard InChI is InChI=1S/C16H17N3O4S/c1-11-7-8-17-15(9-11)18-16(20)14-10-19(24(2,21)22)12-5-3-4-6-13(12)23-14/h3-9,14H,10H2,1-2H3,(H,17,18,20)/t14-/m0/s1. The first kappa shape index (κ1) is 16.3. The van der Waals surface area contributed by atoms with Crippen LogP contribution in [0.4, 0.5) is 11.5 Å². The summed E-state index contributed by atoms with van der Waals surface area (Å²) in [7, 11) is -3.53. The van der Waals surface area contributed by atoms with E-state index in [4.69, 9.17) is 4.74 Å². The van der Waals surface area contributed by atoms with E-state index in [0.29, 0.717) is 17.3 Å². The number of nitrogens with zero attached hydrogens (tertiary/aromatic N) is 2. The largest absolute Gasteiger partial charge is 0.476 e. The zero-order chi connectivity index (χ0) is 17.3. The summed E-state index contributed by atoms with van der Waals surface area (Å²) in [4.78, 5) is 16.5. The van der Waals surface area contributed by atoms with Crippen LogP contribution in [0.3, 0.4) is 0 Å². The van der Waals surface area contributed by atoms with E-state index in [1.54, 1.807) is 36.5 Å². The minimum absolute atomic E-state index is 0.0898. The van der Waals surface area contributed by atoms with Gasteiger partial charge >= 0.3 is 0 Å². The van der Waals surface area contributed by atoms with Crippen molar-refractivity contribution in [2.24, 2.45) is 0 Å². The molecular weight excluding hydrogens is 330 g/mol. The minimum atomic E-state index is -3.53. The summed E-state index contributed by atoms with van der Waals surface area (Å²) in [5.41, 5.74) is 1.38. The highest BCUT2D eigenvalue weighted by atomic mass is 32.2. The average Bonchev–Trinajstić information content (AvgIpc) is 2.53. The lowest BCUT2D eigenvalue weighted by Gasteiger charge is -2.33. The number of hydrogen-bond donors (Lipinski definition) is 1. The molecule has 1 N–H and O–H groups in total. The monoisotopic (exact) mass is 347 g/mol. The van der Waals surface area contributed by atoms with Crippen LogP contribution in [0.15, 0.2) is 42.6 Å². The Hall–Kier alpha value is -2.61. The van der Waals surface area contributed by atoms with Crippen LogP contribution < -0.4 is 14.4 Å². The van der Waals surface area contributed by atoms with Crippen LogP contribution in [0.25, 0.3) is 0 Å². The fourth-order valence-corrected chi connectivity index (χ4v) is 3.38. The minimum Gasteiger partial charge on any atom is -0.476 e. The maximum absolute atomic E-state index is 12.5. The number of carbonyl (C=O) groups excluding carboxylic acids is 1. The number of carbonyl (C=O) groups is 1. The molecule has 126 valence electrons. The van der Waals surface area contributed by atoms with E-state index in [0.717, 1.165) is 11.8 Å². The normalized spacial score (nSPS) is 16.9. The SMILES string of the molecule is Cc1ccnc(NC(=O)[C@@H]2CN(S(C)(=O)=O)c3ccccc3O2)c1. The number of anilines is 2. The third kappa shape index (κ3) is 3.33. The molecule has 0 radical (unpaired) electrons. The van der Waals surface area contributed by atoms with Crippen LogP contribution in [-0.4, -0.2) is 38.2 Å². The van der Waals surface area contributed by atoms with Gasteiger partial charge in [-0.15, -0.1) is 0 Å². The fraction of sp³-hybridized carbons (Fsp3) is 0.250. The Balaban J connectivity index is 1.86. The molecule has 2 heterocycles. The second kappa shape index (κ2) is 6.12. The molecule has 0 bridgehead atoms. The van der Waals surface area contributed by atoms with Crippen LogP contribution in [-0.2, 0) is 14.8 Å². The molecule has 1 aromatic carbocycles. The van der Waals surface area contributed by atoms with Crippen molar-refractivity contribution < 1.29 is 17.9 Å². The number of hydrogen-bond acceptors (Lipinski definition) is 5. The van der Waals surface area contributed by atoms with E-state index in [2.05, 4.69) is 10.3 Å². The van der Waals surface area contributed by atoms with Crippen LogP contribution in [0.2, 0.25) is 0 Å². The number of rotatable bonds is 3. The molecule has 0 saturated heterocycles. The van der Waals surface area contributed by atoms with Gasteiger partial charge in [-0.3, -0.25) is 9.10 Å². The lowest BCUT2D eigenvalue weighted by Crippen LogP contribution is -2.48. The van der Waals surface area contributed by atoms with Gasteiger partial charge in [0.15, 0.2) is 6.10 Å². The summed E-state index contributed by atoms with van der Waals surface area (Å²) in [6.07, 6.45) is 1.73. The van der Waals surface area contributed by atoms with Gasteiger partial charge < -0.3 is 10.1 Å². The van der Waals surface area contributed by atoms with E-state index >= 15 is 0 Å². The van der Waals surface area contributed by atoms with Gasteiger partial charge in [-0.2, -0.15) is 0 Å². The van der Waals surface area contributed by atoms with Crippen molar-refractivity contribution in [3.8, 4) is 5.75 Å². The summed E-state index contributed by atoms with van der Waals surface area (Å²) in [5.74, 6) is 0.302. The molecule has 1 atom stereocenters. The van der Waals surface area contributed by atoms with Crippen LogP contribution in [0, 0.1) is 6.92 Å². The van der Waals surface area contributed by atoms with Crippen molar-refractivity contribution in [1.82, 2.24) is 4.98 Å². The Bertz CT molecular complexity index is 882. The molecule has 0 aliphatic carbocycles. The van der Waals surface area contributed by atoms with E-state index in [1.165, 1.54) is 4.31 Å². The van der Waals surface area contributed by atoms with Gasteiger partial charge in [0.25, 0.3) is 5.91 Å². The molecule has 2 aromatic rings. The predicted molar refractivity (Wildman–Crippen MR) is 90.7 cm³/mol. The van der Waals surface area contributed by atoms with Crippen molar-refractivity contribution in [3.63, 3.8) is 0 Å². The van der Waals surface area contributed by atoms with Crippen LogP contribution in [0.1, 0.15) is 5.56 Å². The number of aromatic nitrogens is 1. The molecule has 1 aliphatic heterocycles. The quantitative estimate of drug-likeness (QED) is 0.910. The molecule has 24 heavy (non-hydrogen) atoms. The molecular formula is C16H17N3O4S. The zero-order valence-electron chi connectivity index (χ0n) is 13.3. The number of para-hydroxylation sites is 2. The number of sulfonamides is 1. The second-order valence-corrected chi connectivity index (χ2v) is 7.48. The molecule has 1 amide bonds. The smallest absolute Gasteiger partial charge is 0.268 e. The van der Waals surface area contributed by atoms with Gasteiger partial charge in [-0.05, 0) is 36.8 Å². The molecule has 0 fully saturated rings. The Morgan fingerprint density at radius 2 is 2.08 bits per heavy atom. The highest BCUT2D eigenvalue weighted by Gasteiger charge is 2.34. The van der Waals surface area contributed by atoms with Crippen molar-refractivity contribution in [3.05, 3.63) is 48.2 Å². The van der Waals surface area contributed by atoms with Gasteiger partial charge in [-0.25, -0.2) is 13.4 Å². The lowest BCUT2D eigenvalue weighted by atomic mass is 10.2. The van der Waals surface area contributed by atoms with Crippen molar-refractivity contribution in [2.45, 2.75) is 13.0 Å². The van der Waals surface area contributed by atoms with Gasteiger partial charge in [0.2, 0.25) is 10.0 Å². The highest BCUT2D eigenvalue weighted by molar-refractivity contribution is 7.92. The second-order valence-electron chi connectivity index (χ2n) is 5.58. The number of ether oxygens (including phenoxy) is 1. The first-order valence-corrected chi connectivity index (χ1v) is 9.16. The first-order valence-electron chi connectivity index (χ1n) is 7.31. The van der Waals surface area contributed by atoms with Gasteiger partial charge in [0, 0.05) is 6.20 Å². The maximum Gasteiger partial charge on any atom is 0.268 e. The number of benzene rings is 1. The number of amides is 1. The van der Waals surface area contributed by atoms with Gasteiger partial charge in [-0.1, -0.05) is 12.1 Å². The van der Waals surface area contributed by atoms with E-state index in [1.807, 2.05) is 13.0 Å². The third-order valence-corrected chi connectivity index (χ3v) is 4.74. The summed E-state index contributed by atoms with van der Waals surface area (Å²) in [6, 6.07) is 10.3. The summed E-state index contributed by atoms with van der Waals surface area (Å²) in [5, 5.41) is 2.66. The summed E-state index contributed by atoms with van der Waals surface area (Å²) < 4.78 is 30.9. The molecule has 8 heteroatoms. The van der Waals surface area contributed by atoms with E-state index in [-0.39, 0.29) is 6.54 Å². The number of pyridine rings is 1. The average molecular weight is 347 g/mol. The number of fused-ring (bicyclic) bond motifs is 1. The maximum atomic E-state index is 12.5.